The first kappa shape index (κ1) is 14.6. The van der Waals surface area contributed by atoms with Crippen LogP contribution in [0.4, 0.5) is 0 Å². The molecule has 2 fully saturated rings. The Hall–Kier alpha value is 0.230. The zero-order valence-electron chi connectivity index (χ0n) is 11.7. The van der Waals surface area contributed by atoms with Gasteiger partial charge < -0.3 is 14.8 Å². The predicted molar refractivity (Wildman–Crippen MR) is 77.3 cm³/mol. The normalized spacial score (nSPS) is 34.0. The van der Waals surface area contributed by atoms with E-state index < -0.39 is 0 Å². The molecule has 0 amide bonds. The second kappa shape index (κ2) is 7.13. The van der Waals surface area contributed by atoms with Crippen LogP contribution in [-0.4, -0.2) is 50.0 Å². The molecule has 0 aliphatic carbocycles. The maximum absolute atomic E-state index is 6.10. The Morgan fingerprint density at radius 2 is 2.44 bits per heavy atom. The highest BCUT2D eigenvalue weighted by Gasteiger charge is 2.42. The van der Waals surface area contributed by atoms with E-state index in [1.165, 1.54) is 30.8 Å². The predicted octanol–water partition coefficient (Wildman–Crippen LogP) is 2.30. The van der Waals surface area contributed by atoms with Crippen LogP contribution in [0.2, 0.25) is 0 Å². The van der Waals surface area contributed by atoms with Gasteiger partial charge in [0.1, 0.15) is 0 Å². The van der Waals surface area contributed by atoms with Crippen LogP contribution in [-0.2, 0) is 9.47 Å². The quantitative estimate of drug-likeness (QED) is 0.752. The maximum atomic E-state index is 6.10. The molecule has 2 aliphatic heterocycles. The fourth-order valence-electron chi connectivity index (χ4n) is 3.24. The first-order valence-corrected chi connectivity index (χ1v) is 8.42. The summed E-state index contributed by atoms with van der Waals surface area (Å²) in [4.78, 5) is 0. The van der Waals surface area contributed by atoms with E-state index in [4.69, 9.17) is 9.47 Å². The van der Waals surface area contributed by atoms with Crippen molar-refractivity contribution < 1.29 is 9.47 Å². The van der Waals surface area contributed by atoms with Crippen LogP contribution < -0.4 is 5.32 Å². The number of thioether (sulfide) groups is 1. The van der Waals surface area contributed by atoms with Crippen molar-refractivity contribution in [1.82, 2.24) is 5.32 Å². The molecule has 0 saturated carbocycles. The van der Waals surface area contributed by atoms with Crippen LogP contribution in [0.15, 0.2) is 0 Å². The highest BCUT2D eigenvalue weighted by Crippen LogP contribution is 2.41. The fourth-order valence-corrected chi connectivity index (χ4v) is 4.62. The zero-order chi connectivity index (χ0) is 12.8. The van der Waals surface area contributed by atoms with E-state index >= 15 is 0 Å². The van der Waals surface area contributed by atoms with Crippen LogP contribution in [0, 0.1) is 5.92 Å². The van der Waals surface area contributed by atoms with E-state index in [1.54, 1.807) is 0 Å². The van der Waals surface area contributed by atoms with Crippen molar-refractivity contribution in [3.05, 3.63) is 0 Å². The molecule has 0 aromatic rings. The van der Waals surface area contributed by atoms with Gasteiger partial charge in [0.15, 0.2) is 0 Å². The molecule has 18 heavy (non-hydrogen) atoms. The largest absolute Gasteiger partial charge is 0.382 e. The third-order valence-electron chi connectivity index (χ3n) is 4.32. The molecular weight excluding hydrogens is 246 g/mol. The third-order valence-corrected chi connectivity index (χ3v) is 5.54. The van der Waals surface area contributed by atoms with Gasteiger partial charge in [0.25, 0.3) is 0 Å². The minimum absolute atomic E-state index is 0.203. The van der Waals surface area contributed by atoms with Crippen molar-refractivity contribution in [2.45, 2.75) is 44.2 Å². The van der Waals surface area contributed by atoms with E-state index in [1.807, 2.05) is 0 Å². The molecule has 3 nitrogen and oxygen atoms in total. The topological polar surface area (TPSA) is 30.5 Å². The van der Waals surface area contributed by atoms with Gasteiger partial charge in [-0.05, 0) is 51.3 Å². The molecule has 2 heterocycles. The molecule has 4 heteroatoms. The molecule has 106 valence electrons. The van der Waals surface area contributed by atoms with Crippen LogP contribution in [0.1, 0.15) is 32.6 Å². The molecular formula is C14H27NO2S. The van der Waals surface area contributed by atoms with Gasteiger partial charge in [-0.1, -0.05) is 0 Å². The monoisotopic (exact) mass is 273 g/mol. The zero-order valence-corrected chi connectivity index (χ0v) is 12.6. The molecule has 2 saturated heterocycles. The molecule has 0 radical (unpaired) electrons. The average molecular weight is 273 g/mol. The summed E-state index contributed by atoms with van der Waals surface area (Å²) in [5.74, 6) is 3.23. The number of nitrogens with one attached hydrogen (secondary N) is 1. The second-order valence-corrected chi connectivity index (χ2v) is 6.57. The fraction of sp³-hybridized carbons (Fsp3) is 1.00. The lowest BCUT2D eigenvalue weighted by Gasteiger charge is -2.41. The van der Waals surface area contributed by atoms with Gasteiger partial charge in [-0.2, -0.15) is 11.8 Å². The van der Waals surface area contributed by atoms with Crippen molar-refractivity contribution in [1.29, 1.82) is 0 Å². The van der Waals surface area contributed by atoms with E-state index in [2.05, 4.69) is 31.1 Å². The molecule has 1 N–H and O–H groups in total. The summed E-state index contributed by atoms with van der Waals surface area (Å²) >= 11 is 2.05. The molecule has 0 aromatic heterocycles. The molecule has 2 rings (SSSR count). The molecule has 3 atom stereocenters. The number of hydrogen-bond acceptors (Lipinski definition) is 4. The lowest BCUT2D eigenvalue weighted by Crippen LogP contribution is -2.46. The van der Waals surface area contributed by atoms with Crippen LogP contribution in [0.3, 0.4) is 0 Å². The minimum atomic E-state index is 0.203. The summed E-state index contributed by atoms with van der Waals surface area (Å²) in [6, 6.07) is 0.586. The molecule has 3 unspecified atom stereocenters. The Morgan fingerprint density at radius 3 is 3.11 bits per heavy atom. The van der Waals surface area contributed by atoms with Gasteiger partial charge >= 0.3 is 0 Å². The number of ether oxygens (including phenoxy) is 2. The summed E-state index contributed by atoms with van der Waals surface area (Å²) in [5, 5.41) is 3.49. The maximum Gasteiger partial charge on any atom is 0.0783 e. The smallest absolute Gasteiger partial charge is 0.0783 e. The summed E-state index contributed by atoms with van der Waals surface area (Å²) in [6.07, 6.45) is 4.80. The number of hydrogen-bond donors (Lipinski definition) is 1. The molecule has 1 spiro atoms. The van der Waals surface area contributed by atoms with Crippen LogP contribution in [0.25, 0.3) is 0 Å². The van der Waals surface area contributed by atoms with Crippen molar-refractivity contribution in [3.8, 4) is 0 Å². The minimum Gasteiger partial charge on any atom is -0.382 e. The molecule has 2 aliphatic rings. The summed E-state index contributed by atoms with van der Waals surface area (Å²) in [6.45, 7) is 4.71. The Kier molecular flexibility index (Phi) is 5.80. The van der Waals surface area contributed by atoms with Gasteiger partial charge in [-0.25, -0.2) is 0 Å². The van der Waals surface area contributed by atoms with Crippen molar-refractivity contribution in [2.24, 2.45) is 5.92 Å². The molecule has 0 bridgehead atoms. The van der Waals surface area contributed by atoms with Gasteiger partial charge in [0, 0.05) is 31.6 Å². The SMILES string of the molecule is CCOCCC(NC)C1CCOC2(CCSC2)C1. The van der Waals surface area contributed by atoms with Gasteiger partial charge in [-0.3, -0.25) is 0 Å². The standard InChI is InChI=1S/C14H27NO2S/c1-3-16-7-5-13(15-2)12-4-8-17-14(10-12)6-9-18-11-14/h12-13,15H,3-11H2,1-2H3. The first-order valence-electron chi connectivity index (χ1n) is 7.26. The lowest BCUT2D eigenvalue weighted by atomic mass is 9.80. The Bertz CT molecular complexity index is 244. The lowest BCUT2D eigenvalue weighted by molar-refractivity contribution is -0.0860. The van der Waals surface area contributed by atoms with Crippen LogP contribution in [0.5, 0.6) is 0 Å². The summed E-state index contributed by atoms with van der Waals surface area (Å²) in [5.41, 5.74) is 0.203. The van der Waals surface area contributed by atoms with Gasteiger partial charge in [0.05, 0.1) is 5.60 Å². The van der Waals surface area contributed by atoms with E-state index in [0.29, 0.717) is 6.04 Å². The van der Waals surface area contributed by atoms with E-state index in [-0.39, 0.29) is 5.60 Å². The van der Waals surface area contributed by atoms with Crippen molar-refractivity contribution in [3.63, 3.8) is 0 Å². The molecule has 0 aromatic carbocycles. The highest BCUT2D eigenvalue weighted by molar-refractivity contribution is 7.99. The Morgan fingerprint density at radius 1 is 1.56 bits per heavy atom. The Labute approximate surface area is 115 Å². The van der Waals surface area contributed by atoms with Crippen LogP contribution >= 0.6 is 11.8 Å². The number of rotatable bonds is 6. The Balaban J connectivity index is 1.85. The average Bonchev–Trinajstić information content (AvgIpc) is 2.83. The highest BCUT2D eigenvalue weighted by atomic mass is 32.2. The second-order valence-electron chi connectivity index (χ2n) is 5.47. The van der Waals surface area contributed by atoms with E-state index in [0.717, 1.165) is 32.2 Å². The summed E-state index contributed by atoms with van der Waals surface area (Å²) < 4.78 is 11.6. The van der Waals surface area contributed by atoms with Crippen molar-refractivity contribution >= 4 is 11.8 Å². The van der Waals surface area contributed by atoms with Gasteiger partial charge in [-0.15, -0.1) is 0 Å². The third kappa shape index (κ3) is 3.62. The first-order chi connectivity index (χ1) is 8.79. The van der Waals surface area contributed by atoms with Crippen molar-refractivity contribution in [2.75, 3.05) is 38.4 Å². The van der Waals surface area contributed by atoms with Gasteiger partial charge in [0.2, 0.25) is 0 Å². The van der Waals surface area contributed by atoms with E-state index in [9.17, 15) is 0 Å². The summed E-state index contributed by atoms with van der Waals surface area (Å²) in [7, 11) is 2.09.